The predicted molar refractivity (Wildman–Crippen MR) is 85.5 cm³/mol. The van der Waals surface area contributed by atoms with Gasteiger partial charge in [-0.3, -0.25) is 0 Å². The fraction of sp³-hybridized carbons (Fsp3) is 0.111. The van der Waals surface area contributed by atoms with Crippen LogP contribution in [0.2, 0.25) is 0 Å². The molecule has 1 aromatic heterocycles. The SMILES string of the molecule is C=Cc1cccc(C(C)O)c1.c1ccc2[nH]ccc2c1. The Bertz CT molecular complexity index is 652. The predicted octanol–water partition coefficient (Wildman–Crippen LogP) is 4.55. The minimum absolute atomic E-state index is 0.394. The third-order valence-corrected chi connectivity index (χ3v) is 3.09. The van der Waals surface area contributed by atoms with Crippen LogP contribution in [-0.2, 0) is 0 Å². The van der Waals surface area contributed by atoms with Crippen molar-refractivity contribution in [2.75, 3.05) is 0 Å². The Labute approximate surface area is 119 Å². The molecule has 0 saturated heterocycles. The first-order valence-corrected chi connectivity index (χ1v) is 6.63. The molecular weight excluding hydrogens is 246 g/mol. The molecule has 2 aromatic carbocycles. The molecule has 2 N–H and O–H groups in total. The lowest BCUT2D eigenvalue weighted by molar-refractivity contribution is 0.199. The van der Waals surface area contributed by atoms with E-state index in [0.29, 0.717) is 0 Å². The third kappa shape index (κ3) is 3.59. The summed E-state index contributed by atoms with van der Waals surface area (Å²) < 4.78 is 0. The summed E-state index contributed by atoms with van der Waals surface area (Å²) in [7, 11) is 0. The van der Waals surface area contributed by atoms with Gasteiger partial charge in [-0.1, -0.05) is 49.1 Å². The van der Waals surface area contributed by atoms with Gasteiger partial charge in [-0.15, -0.1) is 0 Å². The van der Waals surface area contributed by atoms with Crippen LogP contribution in [0.25, 0.3) is 17.0 Å². The Morgan fingerprint density at radius 3 is 2.60 bits per heavy atom. The average molecular weight is 265 g/mol. The first-order chi connectivity index (χ1) is 9.70. The van der Waals surface area contributed by atoms with Crippen LogP contribution in [0.4, 0.5) is 0 Å². The number of aliphatic hydroxyl groups excluding tert-OH is 1. The van der Waals surface area contributed by atoms with Crippen LogP contribution in [0.1, 0.15) is 24.2 Å². The zero-order valence-corrected chi connectivity index (χ0v) is 11.6. The number of H-pyrrole nitrogens is 1. The summed E-state index contributed by atoms with van der Waals surface area (Å²) in [6.45, 7) is 5.40. The molecule has 0 bridgehead atoms. The molecule has 0 amide bonds. The van der Waals surface area contributed by atoms with Crippen LogP contribution in [0, 0.1) is 0 Å². The van der Waals surface area contributed by atoms with Gasteiger partial charge in [0.25, 0.3) is 0 Å². The number of nitrogens with one attached hydrogen (secondary N) is 1. The minimum atomic E-state index is -0.394. The molecule has 3 aromatic rings. The normalized spacial score (nSPS) is 11.5. The molecular formula is C18H19NO. The van der Waals surface area contributed by atoms with E-state index in [2.05, 4.69) is 29.8 Å². The van der Waals surface area contributed by atoms with E-state index >= 15 is 0 Å². The van der Waals surface area contributed by atoms with E-state index < -0.39 is 6.10 Å². The van der Waals surface area contributed by atoms with Crippen molar-refractivity contribution in [2.45, 2.75) is 13.0 Å². The van der Waals surface area contributed by atoms with Gasteiger partial charge >= 0.3 is 0 Å². The summed E-state index contributed by atoms with van der Waals surface area (Å²) in [4.78, 5) is 3.12. The lowest BCUT2D eigenvalue weighted by Crippen LogP contribution is -1.90. The number of hydrogen-bond donors (Lipinski definition) is 2. The molecule has 0 radical (unpaired) electrons. The Hall–Kier alpha value is -2.32. The van der Waals surface area contributed by atoms with E-state index in [0.717, 1.165) is 11.1 Å². The lowest BCUT2D eigenvalue weighted by Gasteiger charge is -2.04. The zero-order valence-electron chi connectivity index (χ0n) is 11.6. The van der Waals surface area contributed by atoms with Crippen molar-refractivity contribution in [1.29, 1.82) is 0 Å². The molecule has 2 nitrogen and oxygen atoms in total. The Morgan fingerprint density at radius 1 is 1.10 bits per heavy atom. The zero-order chi connectivity index (χ0) is 14.4. The van der Waals surface area contributed by atoms with Gasteiger partial charge in [0.05, 0.1) is 6.10 Å². The van der Waals surface area contributed by atoms with Gasteiger partial charge in [-0.2, -0.15) is 0 Å². The molecule has 0 aliphatic rings. The summed E-state index contributed by atoms with van der Waals surface area (Å²) in [5, 5.41) is 10.5. The second-order valence-corrected chi connectivity index (χ2v) is 4.62. The number of benzene rings is 2. The maximum atomic E-state index is 9.21. The number of aliphatic hydroxyl groups is 1. The molecule has 0 saturated carbocycles. The summed E-state index contributed by atoms with van der Waals surface area (Å²) in [5.41, 5.74) is 3.18. The minimum Gasteiger partial charge on any atom is -0.389 e. The largest absolute Gasteiger partial charge is 0.389 e. The van der Waals surface area contributed by atoms with E-state index in [-0.39, 0.29) is 0 Å². The van der Waals surface area contributed by atoms with Crippen LogP contribution < -0.4 is 0 Å². The highest BCUT2D eigenvalue weighted by atomic mass is 16.3. The molecule has 1 unspecified atom stereocenters. The van der Waals surface area contributed by atoms with Crippen LogP contribution in [-0.4, -0.2) is 10.1 Å². The summed E-state index contributed by atoms with van der Waals surface area (Å²) in [5.74, 6) is 0. The first kappa shape index (κ1) is 14.1. The highest BCUT2D eigenvalue weighted by Gasteiger charge is 1.98. The van der Waals surface area contributed by atoms with Crippen LogP contribution >= 0.6 is 0 Å². The maximum absolute atomic E-state index is 9.21. The highest BCUT2D eigenvalue weighted by Crippen LogP contribution is 2.13. The van der Waals surface area contributed by atoms with Crippen LogP contribution in [0.15, 0.2) is 67.4 Å². The van der Waals surface area contributed by atoms with E-state index in [1.165, 1.54) is 10.9 Å². The molecule has 1 heterocycles. The van der Waals surface area contributed by atoms with Crippen molar-refractivity contribution in [3.8, 4) is 0 Å². The van der Waals surface area contributed by atoms with E-state index in [4.69, 9.17) is 0 Å². The molecule has 20 heavy (non-hydrogen) atoms. The molecule has 0 spiro atoms. The van der Waals surface area contributed by atoms with Crippen LogP contribution in [0.3, 0.4) is 0 Å². The fourth-order valence-corrected chi connectivity index (χ4v) is 1.94. The molecule has 1 atom stereocenters. The van der Waals surface area contributed by atoms with Gasteiger partial charge in [0.15, 0.2) is 0 Å². The number of rotatable bonds is 2. The first-order valence-electron chi connectivity index (χ1n) is 6.63. The summed E-state index contributed by atoms with van der Waals surface area (Å²) in [6.07, 6.45) is 3.33. The number of aromatic nitrogens is 1. The number of aromatic amines is 1. The van der Waals surface area contributed by atoms with Gasteiger partial charge in [-0.05, 0) is 41.6 Å². The molecule has 0 fully saturated rings. The monoisotopic (exact) mass is 265 g/mol. The highest BCUT2D eigenvalue weighted by molar-refractivity contribution is 5.78. The van der Waals surface area contributed by atoms with E-state index in [1.807, 2.05) is 42.6 Å². The molecule has 0 aliphatic carbocycles. The number of fused-ring (bicyclic) bond motifs is 1. The van der Waals surface area contributed by atoms with Gasteiger partial charge < -0.3 is 10.1 Å². The summed E-state index contributed by atoms with van der Waals surface area (Å²) >= 11 is 0. The summed E-state index contributed by atoms with van der Waals surface area (Å²) in [6, 6.07) is 18.0. The molecule has 102 valence electrons. The second kappa shape index (κ2) is 6.73. The Kier molecular flexibility index (Phi) is 4.75. The van der Waals surface area contributed by atoms with E-state index in [9.17, 15) is 5.11 Å². The van der Waals surface area contributed by atoms with E-state index in [1.54, 1.807) is 13.0 Å². The lowest BCUT2D eigenvalue weighted by atomic mass is 10.1. The van der Waals surface area contributed by atoms with Gasteiger partial charge in [0, 0.05) is 11.7 Å². The maximum Gasteiger partial charge on any atom is 0.0762 e. The quantitative estimate of drug-likeness (QED) is 0.700. The van der Waals surface area contributed by atoms with Gasteiger partial charge in [-0.25, -0.2) is 0 Å². The molecule has 2 heteroatoms. The topological polar surface area (TPSA) is 36.0 Å². The van der Waals surface area contributed by atoms with Crippen LogP contribution in [0.5, 0.6) is 0 Å². The van der Waals surface area contributed by atoms with Crippen molar-refractivity contribution in [2.24, 2.45) is 0 Å². The van der Waals surface area contributed by atoms with Gasteiger partial charge in [0.1, 0.15) is 0 Å². The van der Waals surface area contributed by atoms with Crippen molar-refractivity contribution < 1.29 is 5.11 Å². The number of para-hydroxylation sites is 1. The standard InChI is InChI=1S/C10H12O.C8H7N/c1-3-9-5-4-6-10(7-9)8(2)11;1-2-4-8-7(3-1)5-6-9-8/h3-8,11H,1H2,2H3;1-6,9H. The van der Waals surface area contributed by atoms with Crippen molar-refractivity contribution in [3.05, 3.63) is 78.5 Å². The Balaban J connectivity index is 0.000000149. The smallest absolute Gasteiger partial charge is 0.0762 e. The number of hydrogen-bond acceptors (Lipinski definition) is 1. The van der Waals surface area contributed by atoms with Crippen molar-refractivity contribution in [3.63, 3.8) is 0 Å². The molecule has 0 aliphatic heterocycles. The Morgan fingerprint density at radius 2 is 1.90 bits per heavy atom. The van der Waals surface area contributed by atoms with Crippen molar-refractivity contribution >= 4 is 17.0 Å². The van der Waals surface area contributed by atoms with Gasteiger partial charge in [0.2, 0.25) is 0 Å². The van der Waals surface area contributed by atoms with Crippen molar-refractivity contribution in [1.82, 2.24) is 4.98 Å². The average Bonchev–Trinajstić information content (AvgIpc) is 2.96. The fourth-order valence-electron chi connectivity index (χ4n) is 1.94. The molecule has 3 rings (SSSR count). The second-order valence-electron chi connectivity index (χ2n) is 4.62. The third-order valence-electron chi connectivity index (χ3n) is 3.09.